The molecule has 3 N–H and O–H groups in total. The molecule has 55 heavy (non-hydrogen) atoms. The molecule has 0 fully saturated rings. The van der Waals surface area contributed by atoms with Gasteiger partial charge >= 0.3 is 12.1 Å². The number of alkyl carbamates (subject to hydrolysis) is 1. The Bertz CT molecular complexity index is 1950. The van der Waals surface area contributed by atoms with E-state index in [4.69, 9.17) is 4.74 Å². The van der Waals surface area contributed by atoms with Crippen LogP contribution in [-0.4, -0.2) is 70.6 Å². The number of hydrogen-bond donors (Lipinski definition) is 3. The molecule has 5 rings (SSSR count). The molecule has 0 unspecified atom stereocenters. The van der Waals surface area contributed by atoms with Crippen LogP contribution in [0, 0.1) is 11.8 Å². The van der Waals surface area contributed by atoms with Gasteiger partial charge < -0.3 is 25.4 Å². The minimum atomic E-state index is -1.05. The standard InChI is InChI=1S/C44H52N4O6S/c1-7-28(4)40(47-44(53)54-25-36-34-19-13-11-17-32(34)33-18-12-14-20-35(33)36)42(50)48(6)38(27(2)3)21-22-39-46-37(26-55-39)41(49)45-31(23-29(5)43(51)52)24-30-15-9-8-10-16-30/h8-20,23,26-28,31,36,38,40H,7,21-22,24-25H2,1-6H3,(H,45,49)(H,47,53)(H,51,52)/b29-23+/t28-,31+,38+,40-/m0/s1. The number of ether oxygens (including phenoxy) is 1. The van der Waals surface area contributed by atoms with Crippen LogP contribution in [0.25, 0.3) is 11.1 Å². The SMILES string of the molecule is CC[C@H](C)[C@H](NC(=O)OCC1c2ccccc2-c2ccccc21)C(=O)N(C)[C@H](CCc1nc(C(=O)N[C@H](/C=C(\C)C(=O)O)Cc2ccccc2)cs1)C(C)C. The Morgan fingerprint density at radius 2 is 1.55 bits per heavy atom. The number of benzene rings is 3. The number of amides is 3. The highest BCUT2D eigenvalue weighted by atomic mass is 32.1. The number of nitrogens with zero attached hydrogens (tertiary/aromatic N) is 2. The van der Waals surface area contributed by atoms with E-state index in [1.54, 1.807) is 23.4 Å². The van der Waals surface area contributed by atoms with E-state index in [0.717, 1.165) is 32.8 Å². The van der Waals surface area contributed by atoms with Crippen LogP contribution in [0.4, 0.5) is 4.79 Å². The number of nitrogens with one attached hydrogen (secondary N) is 2. The molecule has 1 heterocycles. The number of aryl methyl sites for hydroxylation is 1. The molecule has 3 amide bonds. The van der Waals surface area contributed by atoms with Crippen molar-refractivity contribution in [3.05, 3.63) is 123 Å². The van der Waals surface area contributed by atoms with E-state index in [9.17, 15) is 24.3 Å². The number of fused-ring (bicyclic) bond motifs is 3. The van der Waals surface area contributed by atoms with Crippen molar-refractivity contribution >= 4 is 35.2 Å². The number of carbonyl (C=O) groups is 4. The number of likely N-dealkylation sites (N-methyl/N-ethyl adjacent to an activating group) is 1. The Labute approximate surface area is 328 Å². The maximum atomic E-state index is 14.1. The van der Waals surface area contributed by atoms with Crippen LogP contribution >= 0.6 is 11.3 Å². The molecule has 0 spiro atoms. The zero-order valence-electron chi connectivity index (χ0n) is 32.5. The van der Waals surface area contributed by atoms with E-state index < -0.39 is 24.1 Å². The molecule has 1 aliphatic rings. The number of aromatic nitrogens is 1. The molecule has 0 bridgehead atoms. The molecule has 1 aliphatic carbocycles. The van der Waals surface area contributed by atoms with E-state index in [1.165, 1.54) is 18.3 Å². The summed E-state index contributed by atoms with van der Waals surface area (Å²) in [6, 6.07) is 24.4. The van der Waals surface area contributed by atoms with Crippen LogP contribution in [0.2, 0.25) is 0 Å². The Hall–Kier alpha value is -5.29. The largest absolute Gasteiger partial charge is 0.478 e. The van der Waals surface area contributed by atoms with Gasteiger partial charge in [-0.05, 0) is 59.4 Å². The summed E-state index contributed by atoms with van der Waals surface area (Å²) < 4.78 is 5.82. The molecule has 4 atom stereocenters. The summed E-state index contributed by atoms with van der Waals surface area (Å²) in [6.07, 6.45) is 3.18. The zero-order valence-corrected chi connectivity index (χ0v) is 33.3. The summed E-state index contributed by atoms with van der Waals surface area (Å²) in [5.41, 5.74) is 5.89. The maximum Gasteiger partial charge on any atom is 0.407 e. The fraction of sp³-hybridized carbons (Fsp3) is 0.386. The lowest BCUT2D eigenvalue weighted by Crippen LogP contribution is -2.54. The molecule has 1 aromatic heterocycles. The highest BCUT2D eigenvalue weighted by molar-refractivity contribution is 7.09. The van der Waals surface area contributed by atoms with Crippen molar-refractivity contribution in [3.63, 3.8) is 0 Å². The smallest absolute Gasteiger partial charge is 0.407 e. The molecule has 0 aliphatic heterocycles. The Morgan fingerprint density at radius 3 is 2.15 bits per heavy atom. The first-order chi connectivity index (χ1) is 26.4. The van der Waals surface area contributed by atoms with Crippen molar-refractivity contribution in [2.45, 2.75) is 84.3 Å². The summed E-state index contributed by atoms with van der Waals surface area (Å²) in [5, 5.41) is 17.8. The number of carboxylic acid groups (broad SMARTS) is 1. The predicted molar refractivity (Wildman–Crippen MR) is 216 cm³/mol. The summed E-state index contributed by atoms with van der Waals surface area (Å²) in [4.78, 5) is 58.6. The first-order valence-electron chi connectivity index (χ1n) is 19.0. The van der Waals surface area contributed by atoms with Crippen LogP contribution < -0.4 is 10.6 Å². The molecule has 0 saturated heterocycles. The molecule has 290 valence electrons. The molecule has 3 aromatic carbocycles. The zero-order chi connectivity index (χ0) is 39.6. The molecule has 0 radical (unpaired) electrons. The van der Waals surface area contributed by atoms with Crippen molar-refractivity contribution in [3.8, 4) is 11.1 Å². The lowest BCUT2D eigenvalue weighted by Gasteiger charge is -2.35. The van der Waals surface area contributed by atoms with Gasteiger partial charge in [0.2, 0.25) is 5.91 Å². The monoisotopic (exact) mass is 764 g/mol. The summed E-state index contributed by atoms with van der Waals surface area (Å²) >= 11 is 1.37. The van der Waals surface area contributed by atoms with Gasteiger partial charge in [-0.2, -0.15) is 0 Å². The second-order valence-electron chi connectivity index (χ2n) is 14.7. The topological polar surface area (TPSA) is 138 Å². The quantitative estimate of drug-likeness (QED) is 0.0931. The van der Waals surface area contributed by atoms with Crippen molar-refractivity contribution in [2.75, 3.05) is 13.7 Å². The second kappa shape index (κ2) is 18.8. The predicted octanol–water partition coefficient (Wildman–Crippen LogP) is 7.88. The number of thiazole rings is 1. The molecule has 0 saturated carbocycles. The van der Waals surface area contributed by atoms with Crippen LogP contribution in [0.1, 0.15) is 85.6 Å². The van der Waals surface area contributed by atoms with Gasteiger partial charge in [-0.3, -0.25) is 9.59 Å². The van der Waals surface area contributed by atoms with Gasteiger partial charge in [-0.25, -0.2) is 14.6 Å². The molecular formula is C44H52N4O6S. The average Bonchev–Trinajstić information content (AvgIpc) is 3.78. The summed E-state index contributed by atoms with van der Waals surface area (Å²) in [6.45, 7) is 9.73. The van der Waals surface area contributed by atoms with Crippen molar-refractivity contribution in [2.24, 2.45) is 11.8 Å². The van der Waals surface area contributed by atoms with Gasteiger partial charge in [0.25, 0.3) is 5.91 Å². The minimum Gasteiger partial charge on any atom is -0.478 e. The Balaban J connectivity index is 1.20. The van der Waals surface area contributed by atoms with Crippen molar-refractivity contribution in [1.82, 2.24) is 20.5 Å². The lowest BCUT2D eigenvalue weighted by molar-refractivity contribution is -0.136. The van der Waals surface area contributed by atoms with Crippen LogP contribution in [0.5, 0.6) is 0 Å². The summed E-state index contributed by atoms with van der Waals surface area (Å²) in [7, 11) is 1.78. The molecule has 11 heteroatoms. The van der Waals surface area contributed by atoms with E-state index in [2.05, 4.69) is 53.7 Å². The minimum absolute atomic E-state index is 0.0879. The average molecular weight is 765 g/mol. The molecule has 10 nitrogen and oxygen atoms in total. The third kappa shape index (κ3) is 10.3. The van der Waals surface area contributed by atoms with Crippen molar-refractivity contribution < 1.29 is 29.0 Å². The first kappa shape index (κ1) is 40.9. The number of carboxylic acids is 1. The Kier molecular flexibility index (Phi) is 14.0. The summed E-state index contributed by atoms with van der Waals surface area (Å²) in [5.74, 6) is -1.74. The first-order valence-corrected chi connectivity index (χ1v) is 19.8. The Morgan fingerprint density at radius 1 is 0.927 bits per heavy atom. The van der Waals surface area contributed by atoms with Crippen molar-refractivity contribution in [1.29, 1.82) is 0 Å². The van der Waals surface area contributed by atoms with Gasteiger partial charge in [0.15, 0.2) is 0 Å². The van der Waals surface area contributed by atoms with E-state index in [-0.39, 0.29) is 53.5 Å². The third-order valence-corrected chi connectivity index (χ3v) is 11.5. The fourth-order valence-electron chi connectivity index (χ4n) is 7.24. The van der Waals surface area contributed by atoms with E-state index in [0.29, 0.717) is 25.7 Å². The van der Waals surface area contributed by atoms with Gasteiger partial charge in [0.05, 0.1) is 11.0 Å². The lowest BCUT2D eigenvalue weighted by atomic mass is 9.94. The number of hydrogen-bond acceptors (Lipinski definition) is 7. The van der Waals surface area contributed by atoms with Crippen LogP contribution in [-0.2, 0) is 27.2 Å². The second-order valence-corrected chi connectivity index (χ2v) is 15.6. The molecule has 4 aromatic rings. The highest BCUT2D eigenvalue weighted by Gasteiger charge is 2.34. The van der Waals surface area contributed by atoms with E-state index >= 15 is 0 Å². The third-order valence-electron chi connectivity index (χ3n) is 10.6. The fourth-order valence-corrected chi connectivity index (χ4v) is 8.04. The number of rotatable bonds is 17. The van der Waals surface area contributed by atoms with Gasteiger partial charge in [-0.1, -0.05) is 119 Å². The number of aliphatic carboxylic acids is 1. The normalized spacial score (nSPS) is 14.6. The molecular weight excluding hydrogens is 713 g/mol. The van der Waals surface area contributed by atoms with Crippen LogP contribution in [0.3, 0.4) is 0 Å². The van der Waals surface area contributed by atoms with Gasteiger partial charge in [-0.15, -0.1) is 11.3 Å². The number of carbonyl (C=O) groups excluding carboxylic acids is 3. The van der Waals surface area contributed by atoms with Gasteiger partial charge in [0.1, 0.15) is 18.3 Å². The maximum absolute atomic E-state index is 14.1. The van der Waals surface area contributed by atoms with Gasteiger partial charge in [0, 0.05) is 36.4 Å². The highest BCUT2D eigenvalue weighted by Crippen LogP contribution is 2.44. The van der Waals surface area contributed by atoms with Crippen LogP contribution in [0.15, 0.2) is 95.9 Å². The van der Waals surface area contributed by atoms with E-state index in [1.807, 2.05) is 68.4 Å².